The number of aromatic nitrogens is 2. The van der Waals surface area contributed by atoms with Crippen LogP contribution in [0.5, 0.6) is 0 Å². The molecule has 1 saturated heterocycles. The van der Waals surface area contributed by atoms with Crippen molar-refractivity contribution in [3.63, 3.8) is 0 Å². The van der Waals surface area contributed by atoms with E-state index in [2.05, 4.69) is 22.2 Å². The molecular formula is C10H17N3O. The van der Waals surface area contributed by atoms with Gasteiger partial charge in [0.05, 0.1) is 12.4 Å². The topological polar surface area (TPSA) is 49.9 Å². The van der Waals surface area contributed by atoms with E-state index in [1.54, 1.807) is 6.33 Å². The molecule has 1 fully saturated rings. The Hall–Kier alpha value is -0.870. The van der Waals surface area contributed by atoms with Gasteiger partial charge in [0.15, 0.2) is 0 Å². The molecule has 4 nitrogen and oxygen atoms in total. The molecule has 0 bridgehead atoms. The molecule has 1 aliphatic heterocycles. The zero-order valence-corrected chi connectivity index (χ0v) is 8.49. The minimum absolute atomic E-state index is 0.358. The number of hydrogen-bond acceptors (Lipinski definition) is 3. The summed E-state index contributed by atoms with van der Waals surface area (Å²) in [7, 11) is 0. The molecule has 0 aromatic carbocycles. The van der Waals surface area contributed by atoms with Crippen molar-refractivity contribution in [2.24, 2.45) is 0 Å². The molecule has 0 aliphatic carbocycles. The van der Waals surface area contributed by atoms with Crippen LogP contribution in [-0.2, 0) is 11.2 Å². The monoisotopic (exact) mass is 195 g/mol. The van der Waals surface area contributed by atoms with Crippen LogP contribution >= 0.6 is 0 Å². The highest BCUT2D eigenvalue weighted by Crippen LogP contribution is 2.12. The quantitative estimate of drug-likeness (QED) is 0.744. The van der Waals surface area contributed by atoms with Gasteiger partial charge in [-0.15, -0.1) is 0 Å². The van der Waals surface area contributed by atoms with Gasteiger partial charge >= 0.3 is 0 Å². The Morgan fingerprint density at radius 2 is 2.64 bits per heavy atom. The summed E-state index contributed by atoms with van der Waals surface area (Å²) in [6.45, 7) is 4.00. The van der Waals surface area contributed by atoms with Crippen LogP contribution in [0.15, 0.2) is 12.5 Å². The van der Waals surface area contributed by atoms with Crippen LogP contribution < -0.4 is 5.32 Å². The third-order valence-corrected chi connectivity index (χ3v) is 2.73. The van der Waals surface area contributed by atoms with E-state index in [9.17, 15) is 0 Å². The fourth-order valence-electron chi connectivity index (χ4n) is 1.81. The molecule has 0 spiro atoms. The molecule has 14 heavy (non-hydrogen) atoms. The number of hydrogen-bond donors (Lipinski definition) is 2. The average Bonchev–Trinajstić information content (AvgIpc) is 2.78. The molecule has 2 N–H and O–H groups in total. The SMILES string of the molecule is CC1OCCC1NCCc1cnc[nH]1. The number of nitrogens with zero attached hydrogens (tertiary/aromatic N) is 1. The Kier molecular flexibility index (Phi) is 3.16. The van der Waals surface area contributed by atoms with Crippen molar-refractivity contribution < 1.29 is 4.74 Å². The van der Waals surface area contributed by atoms with Crippen LogP contribution in [0.4, 0.5) is 0 Å². The Morgan fingerprint density at radius 3 is 3.29 bits per heavy atom. The number of H-pyrrole nitrogens is 1. The summed E-state index contributed by atoms with van der Waals surface area (Å²) >= 11 is 0. The number of rotatable bonds is 4. The van der Waals surface area contributed by atoms with Crippen molar-refractivity contribution in [2.75, 3.05) is 13.2 Å². The second-order valence-corrected chi connectivity index (χ2v) is 3.75. The molecule has 4 heteroatoms. The first-order valence-electron chi connectivity index (χ1n) is 5.18. The third-order valence-electron chi connectivity index (χ3n) is 2.73. The van der Waals surface area contributed by atoms with Gasteiger partial charge in [-0.05, 0) is 13.3 Å². The molecule has 2 atom stereocenters. The van der Waals surface area contributed by atoms with E-state index in [4.69, 9.17) is 4.74 Å². The Balaban J connectivity index is 1.68. The summed E-state index contributed by atoms with van der Waals surface area (Å²) in [5.41, 5.74) is 1.18. The molecule has 0 saturated carbocycles. The van der Waals surface area contributed by atoms with E-state index in [-0.39, 0.29) is 0 Å². The lowest BCUT2D eigenvalue weighted by atomic mass is 10.1. The Labute approximate surface area is 84.1 Å². The lowest BCUT2D eigenvalue weighted by Crippen LogP contribution is -2.35. The first kappa shape index (κ1) is 9.68. The molecule has 1 aromatic heterocycles. The summed E-state index contributed by atoms with van der Waals surface area (Å²) in [5.74, 6) is 0. The molecule has 2 heterocycles. The predicted octanol–water partition coefficient (Wildman–Crippen LogP) is 0.719. The lowest BCUT2D eigenvalue weighted by molar-refractivity contribution is 0.113. The van der Waals surface area contributed by atoms with E-state index in [0.717, 1.165) is 26.0 Å². The molecule has 2 rings (SSSR count). The number of ether oxygens (including phenoxy) is 1. The van der Waals surface area contributed by atoms with Crippen molar-refractivity contribution in [2.45, 2.75) is 31.9 Å². The standard InChI is InChI=1S/C10H17N3O/c1-8-10(3-5-14-8)12-4-2-9-6-11-7-13-9/h6-8,10,12H,2-5H2,1H3,(H,11,13). The van der Waals surface area contributed by atoms with Gasteiger partial charge in [-0.1, -0.05) is 0 Å². The highest BCUT2D eigenvalue weighted by molar-refractivity contribution is 4.95. The van der Waals surface area contributed by atoms with Gasteiger partial charge in [0.25, 0.3) is 0 Å². The van der Waals surface area contributed by atoms with E-state index in [0.29, 0.717) is 12.1 Å². The number of nitrogens with one attached hydrogen (secondary N) is 2. The molecule has 2 unspecified atom stereocenters. The van der Waals surface area contributed by atoms with Gasteiger partial charge in [-0.3, -0.25) is 0 Å². The van der Waals surface area contributed by atoms with Crippen molar-refractivity contribution in [3.8, 4) is 0 Å². The number of aromatic amines is 1. The van der Waals surface area contributed by atoms with Crippen molar-refractivity contribution in [3.05, 3.63) is 18.2 Å². The maximum absolute atomic E-state index is 5.47. The van der Waals surface area contributed by atoms with Crippen LogP contribution in [0, 0.1) is 0 Å². The summed E-state index contributed by atoms with van der Waals surface area (Å²) < 4.78 is 5.47. The van der Waals surface area contributed by atoms with E-state index in [1.807, 2.05) is 6.20 Å². The fourth-order valence-corrected chi connectivity index (χ4v) is 1.81. The van der Waals surface area contributed by atoms with Crippen LogP contribution in [0.2, 0.25) is 0 Å². The van der Waals surface area contributed by atoms with Gasteiger partial charge in [-0.25, -0.2) is 4.98 Å². The zero-order chi connectivity index (χ0) is 9.80. The first-order chi connectivity index (χ1) is 6.86. The van der Waals surface area contributed by atoms with Crippen LogP contribution in [-0.4, -0.2) is 35.3 Å². The van der Waals surface area contributed by atoms with Gasteiger partial charge in [-0.2, -0.15) is 0 Å². The van der Waals surface area contributed by atoms with Crippen LogP contribution in [0.1, 0.15) is 19.0 Å². The van der Waals surface area contributed by atoms with E-state index < -0.39 is 0 Å². The maximum atomic E-state index is 5.47. The first-order valence-corrected chi connectivity index (χ1v) is 5.18. The van der Waals surface area contributed by atoms with Crippen LogP contribution in [0.3, 0.4) is 0 Å². The zero-order valence-electron chi connectivity index (χ0n) is 8.49. The molecule has 1 aromatic rings. The van der Waals surface area contributed by atoms with E-state index in [1.165, 1.54) is 5.69 Å². The lowest BCUT2D eigenvalue weighted by Gasteiger charge is -2.15. The van der Waals surface area contributed by atoms with Crippen molar-refractivity contribution in [1.29, 1.82) is 0 Å². The molecule has 1 aliphatic rings. The highest BCUT2D eigenvalue weighted by atomic mass is 16.5. The highest BCUT2D eigenvalue weighted by Gasteiger charge is 2.22. The van der Waals surface area contributed by atoms with E-state index >= 15 is 0 Å². The minimum atomic E-state index is 0.358. The summed E-state index contributed by atoms with van der Waals surface area (Å²) in [4.78, 5) is 7.07. The second kappa shape index (κ2) is 4.57. The molecular weight excluding hydrogens is 178 g/mol. The van der Waals surface area contributed by atoms with Crippen molar-refractivity contribution >= 4 is 0 Å². The van der Waals surface area contributed by atoms with Gasteiger partial charge in [0, 0.05) is 37.5 Å². The Morgan fingerprint density at radius 1 is 1.71 bits per heavy atom. The van der Waals surface area contributed by atoms with Gasteiger partial charge in [0.1, 0.15) is 0 Å². The second-order valence-electron chi connectivity index (χ2n) is 3.75. The average molecular weight is 195 g/mol. The normalized spacial score (nSPS) is 26.9. The summed E-state index contributed by atoms with van der Waals surface area (Å²) in [5, 5.41) is 3.50. The fraction of sp³-hybridized carbons (Fsp3) is 0.700. The van der Waals surface area contributed by atoms with Gasteiger partial charge in [0.2, 0.25) is 0 Å². The molecule has 0 radical (unpaired) electrons. The summed E-state index contributed by atoms with van der Waals surface area (Å²) in [6.07, 6.45) is 6.08. The summed E-state index contributed by atoms with van der Waals surface area (Å²) in [6, 6.07) is 0.526. The largest absolute Gasteiger partial charge is 0.377 e. The minimum Gasteiger partial charge on any atom is -0.377 e. The van der Waals surface area contributed by atoms with Gasteiger partial charge < -0.3 is 15.0 Å². The maximum Gasteiger partial charge on any atom is 0.0921 e. The molecule has 78 valence electrons. The predicted molar refractivity (Wildman–Crippen MR) is 54.1 cm³/mol. The number of imidazole rings is 1. The molecule has 0 amide bonds. The third kappa shape index (κ3) is 2.33. The van der Waals surface area contributed by atoms with Crippen molar-refractivity contribution in [1.82, 2.24) is 15.3 Å². The smallest absolute Gasteiger partial charge is 0.0921 e. The van der Waals surface area contributed by atoms with Crippen LogP contribution in [0.25, 0.3) is 0 Å². The Bertz CT molecular complexity index is 260.